The maximum absolute atomic E-state index is 13.4. The van der Waals surface area contributed by atoms with Crippen LogP contribution in [0, 0.1) is 12.3 Å². The van der Waals surface area contributed by atoms with Crippen LogP contribution in [0.1, 0.15) is 24.6 Å². The standard InChI is InChI=1S/C20H21N5O4S/c1-13-22-19(29-23-13)16-9-24(14(2)26)10-20(16)11-25(12-20)30(27,28)17-7-3-5-15-6-4-8-21-18(15)17/h3-8,16H,9-12H2,1-2H3. The number of carbonyl (C=O) groups excluding carboxylic acids is 1. The first kappa shape index (κ1) is 19.1. The number of hydrogen-bond donors (Lipinski definition) is 0. The third kappa shape index (κ3) is 2.82. The van der Waals surface area contributed by atoms with E-state index in [9.17, 15) is 13.2 Å². The Bertz CT molecular complexity index is 1240. The van der Waals surface area contributed by atoms with Crippen LogP contribution in [0.4, 0.5) is 0 Å². The van der Waals surface area contributed by atoms with Gasteiger partial charge in [-0.25, -0.2) is 8.42 Å². The van der Waals surface area contributed by atoms with Gasteiger partial charge in [0.1, 0.15) is 4.90 Å². The van der Waals surface area contributed by atoms with Crippen LogP contribution in [0.15, 0.2) is 45.9 Å². The van der Waals surface area contributed by atoms with Crippen LogP contribution >= 0.6 is 0 Å². The summed E-state index contributed by atoms with van der Waals surface area (Å²) in [5.41, 5.74) is 0.0252. The van der Waals surface area contributed by atoms with Crippen molar-refractivity contribution in [1.29, 1.82) is 0 Å². The maximum Gasteiger partial charge on any atom is 0.245 e. The largest absolute Gasteiger partial charge is 0.341 e. The second-order valence-corrected chi connectivity index (χ2v) is 10.0. The number of aryl methyl sites for hydroxylation is 1. The van der Waals surface area contributed by atoms with Gasteiger partial charge in [-0.05, 0) is 19.1 Å². The molecule has 0 radical (unpaired) electrons. The lowest BCUT2D eigenvalue weighted by Gasteiger charge is -2.48. The molecule has 0 aliphatic carbocycles. The number of aromatic nitrogens is 3. The molecule has 9 nitrogen and oxygen atoms in total. The Morgan fingerprint density at radius 1 is 1.20 bits per heavy atom. The highest BCUT2D eigenvalue weighted by atomic mass is 32.2. The number of pyridine rings is 1. The summed E-state index contributed by atoms with van der Waals surface area (Å²) in [5.74, 6) is 0.736. The Labute approximate surface area is 173 Å². The highest BCUT2D eigenvalue weighted by molar-refractivity contribution is 7.89. The average Bonchev–Trinajstić information content (AvgIpc) is 3.30. The van der Waals surface area contributed by atoms with E-state index in [0.717, 1.165) is 5.39 Å². The van der Waals surface area contributed by atoms with Crippen LogP contribution in [-0.2, 0) is 14.8 Å². The summed E-state index contributed by atoms with van der Waals surface area (Å²) in [6.45, 7) is 4.74. The van der Waals surface area contributed by atoms with E-state index in [0.29, 0.717) is 30.3 Å². The lowest BCUT2D eigenvalue weighted by atomic mass is 9.73. The van der Waals surface area contributed by atoms with Crippen LogP contribution in [-0.4, -0.2) is 64.8 Å². The highest BCUT2D eigenvalue weighted by Gasteiger charge is 2.59. The maximum atomic E-state index is 13.4. The van der Waals surface area contributed by atoms with Crippen molar-refractivity contribution in [1.82, 2.24) is 24.3 Å². The molecule has 1 aromatic carbocycles. The van der Waals surface area contributed by atoms with Crippen molar-refractivity contribution in [3.63, 3.8) is 0 Å². The average molecular weight is 427 g/mol. The molecule has 5 rings (SSSR count). The molecule has 4 heterocycles. The summed E-state index contributed by atoms with van der Waals surface area (Å²) in [6.07, 6.45) is 1.59. The molecular weight excluding hydrogens is 406 g/mol. The molecule has 0 saturated carbocycles. The number of carbonyl (C=O) groups is 1. The first-order valence-corrected chi connectivity index (χ1v) is 11.1. The number of benzene rings is 1. The van der Waals surface area contributed by atoms with E-state index in [4.69, 9.17) is 4.52 Å². The summed E-state index contributed by atoms with van der Waals surface area (Å²) in [4.78, 5) is 22.6. The lowest BCUT2D eigenvalue weighted by Crippen LogP contribution is -2.61. The lowest BCUT2D eigenvalue weighted by molar-refractivity contribution is -0.128. The third-order valence-electron chi connectivity index (χ3n) is 6.13. The van der Waals surface area contributed by atoms with E-state index >= 15 is 0 Å². The molecular formula is C20H21N5O4S. The van der Waals surface area contributed by atoms with E-state index in [-0.39, 0.29) is 29.8 Å². The fourth-order valence-electron chi connectivity index (χ4n) is 4.57. The normalized spacial score (nSPS) is 21.3. The number of sulfonamides is 1. The topological polar surface area (TPSA) is 110 Å². The first-order chi connectivity index (χ1) is 14.3. The second-order valence-electron chi connectivity index (χ2n) is 8.10. The summed E-state index contributed by atoms with van der Waals surface area (Å²) in [5, 5.41) is 4.65. The zero-order valence-electron chi connectivity index (χ0n) is 16.6. The van der Waals surface area contributed by atoms with Gasteiger partial charge in [0, 0.05) is 50.1 Å². The van der Waals surface area contributed by atoms with Gasteiger partial charge in [-0.15, -0.1) is 0 Å². The van der Waals surface area contributed by atoms with Gasteiger partial charge in [0.2, 0.25) is 21.8 Å². The van der Waals surface area contributed by atoms with E-state index in [1.807, 2.05) is 12.1 Å². The number of likely N-dealkylation sites (tertiary alicyclic amines) is 1. The minimum absolute atomic E-state index is 0.0485. The van der Waals surface area contributed by atoms with Crippen LogP contribution in [0.2, 0.25) is 0 Å². The molecule has 0 bridgehead atoms. The van der Waals surface area contributed by atoms with Crippen molar-refractivity contribution in [2.75, 3.05) is 26.2 Å². The van der Waals surface area contributed by atoms with Crippen molar-refractivity contribution in [3.8, 4) is 0 Å². The van der Waals surface area contributed by atoms with Crippen molar-refractivity contribution in [2.45, 2.75) is 24.7 Å². The van der Waals surface area contributed by atoms with Crippen molar-refractivity contribution < 1.29 is 17.7 Å². The smallest absolute Gasteiger partial charge is 0.245 e. The molecule has 3 aromatic rings. The van der Waals surface area contributed by atoms with Gasteiger partial charge >= 0.3 is 0 Å². The molecule has 1 spiro atoms. The fraction of sp³-hybridized carbons (Fsp3) is 0.400. The summed E-state index contributed by atoms with van der Waals surface area (Å²) in [6, 6.07) is 8.78. The van der Waals surface area contributed by atoms with Gasteiger partial charge in [-0.3, -0.25) is 9.78 Å². The second kappa shape index (κ2) is 6.58. The first-order valence-electron chi connectivity index (χ1n) is 9.70. The summed E-state index contributed by atoms with van der Waals surface area (Å²) in [7, 11) is -3.73. The third-order valence-corrected chi connectivity index (χ3v) is 7.95. The van der Waals surface area contributed by atoms with E-state index in [2.05, 4.69) is 15.1 Å². The van der Waals surface area contributed by atoms with Gasteiger partial charge in [-0.1, -0.05) is 23.4 Å². The molecule has 156 valence electrons. The quantitative estimate of drug-likeness (QED) is 0.624. The van der Waals surface area contributed by atoms with Crippen LogP contribution in [0.5, 0.6) is 0 Å². The SMILES string of the molecule is CC(=O)N1CC(c2nc(C)no2)C2(C1)CN(S(=O)(=O)c1cccc3cccnc13)C2. The molecule has 30 heavy (non-hydrogen) atoms. The van der Waals surface area contributed by atoms with Crippen LogP contribution in [0.3, 0.4) is 0 Å². The van der Waals surface area contributed by atoms with E-state index in [1.54, 1.807) is 36.2 Å². The molecule has 1 atom stereocenters. The molecule has 2 saturated heterocycles. The predicted octanol–water partition coefficient (Wildman–Crippen LogP) is 1.56. The zero-order valence-corrected chi connectivity index (χ0v) is 17.5. The minimum Gasteiger partial charge on any atom is -0.341 e. The minimum atomic E-state index is -3.73. The Hall–Kier alpha value is -2.85. The fourth-order valence-corrected chi connectivity index (χ4v) is 6.37. The summed E-state index contributed by atoms with van der Waals surface area (Å²) < 4.78 is 33.6. The highest BCUT2D eigenvalue weighted by Crippen LogP contribution is 2.50. The molecule has 2 aliphatic heterocycles. The molecule has 2 aromatic heterocycles. The molecule has 10 heteroatoms. The number of fused-ring (bicyclic) bond motifs is 1. The van der Waals surface area contributed by atoms with Crippen LogP contribution < -0.4 is 0 Å². The molecule has 2 fully saturated rings. The number of amides is 1. The number of hydrogen-bond acceptors (Lipinski definition) is 7. The van der Waals surface area contributed by atoms with Gasteiger partial charge in [0.25, 0.3) is 0 Å². The Kier molecular flexibility index (Phi) is 4.19. The summed E-state index contributed by atoms with van der Waals surface area (Å²) >= 11 is 0. The Balaban J connectivity index is 1.47. The van der Waals surface area contributed by atoms with Gasteiger partial charge in [0.15, 0.2) is 5.82 Å². The molecule has 1 amide bonds. The zero-order chi connectivity index (χ0) is 21.1. The molecule has 0 N–H and O–H groups in total. The number of rotatable bonds is 3. The predicted molar refractivity (Wildman–Crippen MR) is 107 cm³/mol. The van der Waals surface area contributed by atoms with E-state index in [1.165, 1.54) is 11.2 Å². The Morgan fingerprint density at radius 2 is 1.97 bits per heavy atom. The number of para-hydroxylation sites is 1. The van der Waals surface area contributed by atoms with Crippen molar-refractivity contribution in [3.05, 3.63) is 48.2 Å². The van der Waals surface area contributed by atoms with Crippen LogP contribution in [0.25, 0.3) is 10.9 Å². The monoisotopic (exact) mass is 427 g/mol. The van der Waals surface area contributed by atoms with Gasteiger partial charge < -0.3 is 9.42 Å². The Morgan fingerprint density at radius 3 is 2.67 bits per heavy atom. The van der Waals surface area contributed by atoms with Crippen molar-refractivity contribution in [2.24, 2.45) is 5.41 Å². The van der Waals surface area contributed by atoms with Crippen molar-refractivity contribution >= 4 is 26.8 Å². The van der Waals surface area contributed by atoms with Gasteiger partial charge in [0.05, 0.1) is 11.4 Å². The molecule has 2 aliphatic rings. The van der Waals surface area contributed by atoms with Gasteiger partial charge in [-0.2, -0.15) is 9.29 Å². The molecule has 1 unspecified atom stereocenters. The number of nitrogens with zero attached hydrogens (tertiary/aromatic N) is 5. The van der Waals surface area contributed by atoms with E-state index < -0.39 is 15.4 Å².